The summed E-state index contributed by atoms with van der Waals surface area (Å²) in [7, 11) is 1.56. The van der Waals surface area contributed by atoms with E-state index < -0.39 is 41.5 Å². The number of amides is 3. The van der Waals surface area contributed by atoms with Crippen LogP contribution in [0.4, 0.5) is 5.69 Å². The van der Waals surface area contributed by atoms with Crippen molar-refractivity contribution in [1.82, 2.24) is 10.2 Å². The normalized spacial score (nSPS) is 29.8. The monoisotopic (exact) mass is 599 g/mol. The van der Waals surface area contributed by atoms with Gasteiger partial charge in [-0.3, -0.25) is 14.4 Å². The van der Waals surface area contributed by atoms with Crippen molar-refractivity contribution in [1.29, 1.82) is 0 Å². The Labute approximate surface area is 236 Å². The number of carbonyl (C=O) groups is 3. The van der Waals surface area contributed by atoms with E-state index in [1.165, 1.54) is 4.90 Å². The second-order valence-corrected chi connectivity index (χ2v) is 12.0. The minimum Gasteiger partial charge on any atom is -0.497 e. The molecule has 39 heavy (non-hydrogen) atoms. The fourth-order valence-corrected chi connectivity index (χ4v) is 7.37. The van der Waals surface area contributed by atoms with Gasteiger partial charge in [-0.2, -0.15) is 0 Å². The fourth-order valence-electron chi connectivity index (χ4n) is 6.43. The number of rotatable bonds is 9. The van der Waals surface area contributed by atoms with E-state index >= 15 is 0 Å². The molecule has 1 spiro atoms. The van der Waals surface area contributed by atoms with Crippen LogP contribution in [0, 0.1) is 17.8 Å². The Bertz CT molecular complexity index is 1230. The summed E-state index contributed by atoms with van der Waals surface area (Å²) in [6, 6.07) is 14.8. The van der Waals surface area contributed by atoms with Crippen LogP contribution < -0.4 is 15.4 Å². The number of benzene rings is 2. The molecule has 7 atom stereocenters. The Kier molecular flexibility index (Phi) is 7.72. The van der Waals surface area contributed by atoms with Gasteiger partial charge >= 0.3 is 0 Å². The number of nitrogens with zero attached hydrogens (tertiary/aromatic N) is 1. The van der Waals surface area contributed by atoms with Crippen LogP contribution in [0.15, 0.2) is 54.6 Å². The lowest BCUT2D eigenvalue weighted by atomic mass is 9.70. The number of anilines is 1. The van der Waals surface area contributed by atoms with Crippen LogP contribution >= 0.6 is 15.9 Å². The van der Waals surface area contributed by atoms with Crippen molar-refractivity contribution in [2.75, 3.05) is 19.0 Å². The summed E-state index contributed by atoms with van der Waals surface area (Å²) in [4.78, 5) is 43.0. The largest absolute Gasteiger partial charge is 0.497 e. The number of hydrogen-bond donors (Lipinski definition) is 3. The summed E-state index contributed by atoms with van der Waals surface area (Å²) < 4.78 is 11.7. The van der Waals surface area contributed by atoms with Crippen molar-refractivity contribution in [3.63, 3.8) is 0 Å². The third-order valence-corrected chi connectivity index (χ3v) is 9.10. The highest BCUT2D eigenvalue weighted by atomic mass is 79.9. The van der Waals surface area contributed by atoms with E-state index in [0.29, 0.717) is 24.4 Å². The third-order valence-electron chi connectivity index (χ3n) is 8.26. The highest BCUT2D eigenvalue weighted by Crippen LogP contribution is 2.60. The molecule has 3 N–H and O–H groups in total. The molecule has 3 heterocycles. The van der Waals surface area contributed by atoms with Crippen molar-refractivity contribution < 1.29 is 29.0 Å². The SMILES string of the molecule is COc1ccc(NC(=O)C2N([C@@H](CO)C(C)C)C(=O)[C@@H]3[C@H](C(=O)NCc4ccccc4)[C@H]4OC23CC4Br)cc1. The zero-order valence-electron chi connectivity index (χ0n) is 22.2. The first kappa shape index (κ1) is 27.6. The Morgan fingerprint density at radius 3 is 2.46 bits per heavy atom. The van der Waals surface area contributed by atoms with E-state index in [-0.39, 0.29) is 29.2 Å². The molecule has 3 saturated heterocycles. The molecule has 0 aliphatic carbocycles. The Hall–Kier alpha value is -2.95. The second kappa shape index (κ2) is 10.9. The lowest BCUT2D eigenvalue weighted by Gasteiger charge is -2.38. The molecule has 2 aromatic rings. The first-order valence-corrected chi connectivity index (χ1v) is 14.1. The zero-order valence-corrected chi connectivity index (χ0v) is 23.8. The van der Waals surface area contributed by atoms with Crippen LogP contribution in [0.3, 0.4) is 0 Å². The third kappa shape index (κ3) is 4.72. The number of hydrogen-bond acceptors (Lipinski definition) is 6. The zero-order chi connectivity index (χ0) is 27.9. The van der Waals surface area contributed by atoms with E-state index in [4.69, 9.17) is 9.47 Å². The molecule has 2 bridgehead atoms. The number of ether oxygens (including phenoxy) is 2. The van der Waals surface area contributed by atoms with Gasteiger partial charge in [0.1, 0.15) is 17.4 Å². The molecule has 9 nitrogen and oxygen atoms in total. The minimum atomic E-state index is -1.20. The molecule has 2 aromatic carbocycles. The van der Waals surface area contributed by atoms with Gasteiger partial charge in [0, 0.05) is 17.1 Å². The maximum absolute atomic E-state index is 14.2. The van der Waals surface area contributed by atoms with E-state index in [0.717, 1.165) is 5.56 Å². The first-order chi connectivity index (χ1) is 18.7. The van der Waals surface area contributed by atoms with Crippen molar-refractivity contribution in [3.05, 3.63) is 60.2 Å². The highest BCUT2D eigenvalue weighted by molar-refractivity contribution is 9.09. The summed E-state index contributed by atoms with van der Waals surface area (Å²) in [5.74, 6) is -2.13. The van der Waals surface area contributed by atoms with Gasteiger partial charge in [-0.05, 0) is 42.2 Å². The van der Waals surface area contributed by atoms with E-state index in [1.807, 2.05) is 44.2 Å². The lowest BCUT2D eigenvalue weighted by molar-refractivity contribution is -0.145. The topological polar surface area (TPSA) is 117 Å². The van der Waals surface area contributed by atoms with E-state index in [2.05, 4.69) is 26.6 Å². The number of halogens is 1. The predicted octanol–water partition coefficient (Wildman–Crippen LogP) is 2.72. The van der Waals surface area contributed by atoms with Crippen molar-refractivity contribution in [2.24, 2.45) is 17.8 Å². The van der Waals surface area contributed by atoms with Gasteiger partial charge in [0.05, 0.1) is 37.7 Å². The molecule has 208 valence electrons. The molecule has 3 fully saturated rings. The number of methoxy groups -OCH3 is 1. The van der Waals surface area contributed by atoms with Crippen molar-refractivity contribution >= 4 is 39.3 Å². The van der Waals surface area contributed by atoms with Gasteiger partial charge in [0.2, 0.25) is 17.7 Å². The molecule has 3 unspecified atom stereocenters. The van der Waals surface area contributed by atoms with Gasteiger partial charge < -0.3 is 30.1 Å². The quantitative estimate of drug-likeness (QED) is 0.382. The Balaban J connectivity index is 1.48. The van der Waals surface area contributed by atoms with Crippen LogP contribution in [-0.4, -0.2) is 70.1 Å². The van der Waals surface area contributed by atoms with Crippen LogP contribution in [0.2, 0.25) is 0 Å². The van der Waals surface area contributed by atoms with Gasteiger partial charge in [0.15, 0.2) is 0 Å². The molecular formula is C29H34BrN3O6. The summed E-state index contributed by atoms with van der Waals surface area (Å²) in [6.07, 6.45) is -0.163. The van der Waals surface area contributed by atoms with Gasteiger partial charge in [-0.25, -0.2) is 0 Å². The maximum atomic E-state index is 14.2. The summed E-state index contributed by atoms with van der Waals surface area (Å²) in [6.45, 7) is 3.80. The van der Waals surface area contributed by atoms with Gasteiger partial charge in [0.25, 0.3) is 0 Å². The Morgan fingerprint density at radius 2 is 1.85 bits per heavy atom. The molecule has 10 heteroatoms. The average Bonchev–Trinajstić information content (AvgIpc) is 3.52. The number of carbonyl (C=O) groups excluding carboxylic acids is 3. The minimum absolute atomic E-state index is 0.132. The van der Waals surface area contributed by atoms with Gasteiger partial charge in [-0.15, -0.1) is 0 Å². The number of alkyl halides is 1. The molecule has 0 aromatic heterocycles. The highest BCUT2D eigenvalue weighted by Gasteiger charge is 2.77. The summed E-state index contributed by atoms with van der Waals surface area (Å²) in [5, 5.41) is 16.2. The molecule has 0 radical (unpaired) electrons. The van der Waals surface area contributed by atoms with Gasteiger partial charge in [-0.1, -0.05) is 60.1 Å². The van der Waals surface area contributed by atoms with Crippen LogP contribution in [0.5, 0.6) is 5.75 Å². The number of fused-ring (bicyclic) bond motifs is 1. The lowest BCUT2D eigenvalue weighted by Crippen LogP contribution is -2.57. The number of aliphatic hydroxyl groups is 1. The van der Waals surface area contributed by atoms with Crippen molar-refractivity contribution in [2.45, 2.75) is 55.4 Å². The number of likely N-dealkylation sites (tertiary alicyclic amines) is 1. The van der Waals surface area contributed by atoms with E-state index in [1.54, 1.807) is 31.4 Å². The number of nitrogens with one attached hydrogen (secondary N) is 2. The second-order valence-electron chi connectivity index (χ2n) is 10.8. The predicted molar refractivity (Wildman–Crippen MR) is 148 cm³/mol. The molecule has 3 aliphatic heterocycles. The van der Waals surface area contributed by atoms with Crippen molar-refractivity contribution in [3.8, 4) is 5.75 Å². The van der Waals surface area contributed by atoms with Crippen LogP contribution in [0.25, 0.3) is 0 Å². The molecule has 3 aliphatic rings. The smallest absolute Gasteiger partial charge is 0.250 e. The standard InChI is InChI=1S/C29H34BrN3O6/c1-16(2)21(15-34)33-25(27(36)32-18-9-11-19(38-3)12-10-18)29-13-20(30)24(39-29)22(23(29)28(33)37)26(35)31-14-17-7-5-4-6-8-17/h4-12,16,20-25,34H,13-15H2,1-3H3,(H,31,35)(H,32,36)/t20?,21-,22-,23-,24-,25?,29?/m0/s1. The molecular weight excluding hydrogens is 566 g/mol. The summed E-state index contributed by atoms with van der Waals surface area (Å²) >= 11 is 3.68. The molecule has 3 amide bonds. The molecule has 5 rings (SSSR count). The van der Waals surface area contributed by atoms with Crippen LogP contribution in [0.1, 0.15) is 25.8 Å². The number of aliphatic hydroxyl groups excluding tert-OH is 1. The molecule has 0 saturated carbocycles. The summed E-state index contributed by atoms with van der Waals surface area (Å²) in [5.41, 5.74) is 0.276. The fraction of sp³-hybridized carbons (Fsp3) is 0.483. The van der Waals surface area contributed by atoms with E-state index in [9.17, 15) is 19.5 Å². The first-order valence-electron chi connectivity index (χ1n) is 13.2. The maximum Gasteiger partial charge on any atom is 0.250 e. The van der Waals surface area contributed by atoms with Crippen LogP contribution in [-0.2, 0) is 25.7 Å². The average molecular weight is 601 g/mol. The Morgan fingerprint density at radius 1 is 1.15 bits per heavy atom.